The molecular weight excluding hydrogens is 437 g/mol. The van der Waals surface area contributed by atoms with Gasteiger partial charge in [-0.2, -0.15) is 13.2 Å². The summed E-state index contributed by atoms with van der Waals surface area (Å²) < 4.78 is 37.8. The fourth-order valence-electron chi connectivity index (χ4n) is 2.23. The molecule has 0 spiro atoms. The lowest BCUT2D eigenvalue weighted by Gasteiger charge is -2.06. The summed E-state index contributed by atoms with van der Waals surface area (Å²) in [6, 6.07) is 16.3. The summed E-state index contributed by atoms with van der Waals surface area (Å²) in [4.78, 5) is 33.4. The number of aliphatic carboxylic acids is 1. The van der Waals surface area contributed by atoms with Crippen molar-refractivity contribution >= 4 is 39.3 Å². The number of benzene rings is 2. The topological polar surface area (TPSA) is 105 Å². The van der Waals surface area contributed by atoms with Crippen molar-refractivity contribution in [3.8, 4) is 5.75 Å². The summed E-state index contributed by atoms with van der Waals surface area (Å²) in [5.41, 5.74) is 0.917. The maximum absolute atomic E-state index is 12.1. The zero-order valence-corrected chi connectivity index (χ0v) is 16.8. The van der Waals surface area contributed by atoms with Gasteiger partial charge in [-0.25, -0.2) is 9.59 Å². The first-order chi connectivity index (χ1) is 14.6. The van der Waals surface area contributed by atoms with Gasteiger partial charge in [0.1, 0.15) is 5.75 Å². The number of carbonyl (C=O) groups excluding carboxylic acids is 2. The molecule has 164 valence electrons. The number of urea groups is 1. The number of carbonyl (C=O) groups is 3. The highest BCUT2D eigenvalue weighted by atomic mass is 32.1. The smallest absolute Gasteiger partial charge is 0.490 e. The van der Waals surface area contributed by atoms with E-state index < -0.39 is 24.1 Å². The highest BCUT2D eigenvalue weighted by Crippen LogP contribution is 2.25. The number of hydrogen-bond acceptors (Lipinski definition) is 5. The van der Waals surface area contributed by atoms with Gasteiger partial charge in [0.25, 0.3) is 5.91 Å². The van der Waals surface area contributed by atoms with E-state index in [1.54, 1.807) is 13.2 Å². The molecule has 0 saturated heterocycles. The first-order valence-corrected chi connectivity index (χ1v) is 9.42. The number of amides is 3. The molecule has 3 N–H and O–H groups in total. The van der Waals surface area contributed by atoms with Crippen LogP contribution < -0.4 is 15.4 Å². The average molecular weight is 454 g/mol. The molecule has 1 aromatic heterocycles. The Balaban J connectivity index is 0.000000423. The minimum absolute atomic E-state index is 0.329. The SMILES string of the molecule is COc1ccc(CNC(=O)NC(=O)c2cc3ccccc3s2)cc1.O=C(O)C(F)(F)F. The summed E-state index contributed by atoms with van der Waals surface area (Å²) in [5.74, 6) is -2.40. The third-order valence-electron chi connectivity index (χ3n) is 3.73. The maximum Gasteiger partial charge on any atom is 0.490 e. The van der Waals surface area contributed by atoms with Gasteiger partial charge in [-0.1, -0.05) is 30.3 Å². The molecule has 3 amide bonds. The van der Waals surface area contributed by atoms with Crippen LogP contribution in [0.4, 0.5) is 18.0 Å². The second-order valence-electron chi connectivity index (χ2n) is 5.94. The van der Waals surface area contributed by atoms with Crippen molar-refractivity contribution in [1.29, 1.82) is 0 Å². The Kier molecular flexibility index (Phi) is 7.97. The van der Waals surface area contributed by atoms with Crippen LogP contribution in [0, 0.1) is 0 Å². The van der Waals surface area contributed by atoms with E-state index in [-0.39, 0.29) is 0 Å². The Morgan fingerprint density at radius 1 is 1.06 bits per heavy atom. The Morgan fingerprint density at radius 3 is 2.23 bits per heavy atom. The quantitative estimate of drug-likeness (QED) is 0.549. The number of rotatable bonds is 4. The van der Waals surface area contributed by atoms with Gasteiger partial charge in [-0.05, 0) is 35.2 Å². The predicted molar refractivity (Wildman–Crippen MR) is 108 cm³/mol. The Morgan fingerprint density at radius 2 is 1.68 bits per heavy atom. The van der Waals surface area contributed by atoms with Crippen molar-refractivity contribution < 1.29 is 37.4 Å². The predicted octanol–water partition coefficient (Wildman–Crippen LogP) is 4.18. The number of thiophene rings is 1. The number of alkyl halides is 3. The number of nitrogens with one attached hydrogen (secondary N) is 2. The second kappa shape index (κ2) is 10.4. The summed E-state index contributed by atoms with van der Waals surface area (Å²) in [6.45, 7) is 0.329. The Bertz CT molecular complexity index is 1030. The minimum Gasteiger partial charge on any atom is -0.497 e. The van der Waals surface area contributed by atoms with Crippen LogP contribution in [0.1, 0.15) is 15.2 Å². The highest BCUT2D eigenvalue weighted by Gasteiger charge is 2.38. The van der Waals surface area contributed by atoms with Gasteiger partial charge in [0.2, 0.25) is 0 Å². The van der Waals surface area contributed by atoms with Crippen molar-refractivity contribution in [2.75, 3.05) is 7.11 Å². The molecule has 2 aromatic carbocycles. The number of carboxylic acid groups (broad SMARTS) is 1. The molecule has 0 bridgehead atoms. The molecule has 0 fully saturated rings. The molecule has 0 saturated carbocycles. The van der Waals surface area contributed by atoms with Crippen LogP contribution in [0.25, 0.3) is 10.1 Å². The standard InChI is InChI=1S/C18H16N2O3S.C2HF3O2/c1-23-14-8-6-12(7-9-14)11-19-18(22)20-17(21)16-10-13-4-2-3-5-15(13)24-16;3-2(4,5)1(6)7/h2-10H,11H2,1H3,(H2,19,20,21,22);(H,6,7). The fraction of sp³-hybridized carbons (Fsp3) is 0.150. The van der Waals surface area contributed by atoms with Crippen LogP contribution in [0.3, 0.4) is 0 Å². The van der Waals surface area contributed by atoms with Crippen molar-refractivity contribution in [2.24, 2.45) is 0 Å². The lowest BCUT2D eigenvalue weighted by molar-refractivity contribution is -0.192. The van der Waals surface area contributed by atoms with Crippen LogP contribution >= 0.6 is 11.3 Å². The normalized spacial score (nSPS) is 10.6. The summed E-state index contributed by atoms with van der Waals surface area (Å²) in [7, 11) is 1.60. The van der Waals surface area contributed by atoms with Crippen LogP contribution in [0.2, 0.25) is 0 Å². The Labute approximate surface area is 178 Å². The van der Waals surface area contributed by atoms with Crippen molar-refractivity contribution in [2.45, 2.75) is 12.7 Å². The molecule has 3 rings (SSSR count). The van der Waals surface area contributed by atoms with Crippen LogP contribution in [0.5, 0.6) is 5.75 Å². The minimum atomic E-state index is -5.08. The number of imide groups is 1. The molecule has 0 unspecified atom stereocenters. The molecule has 0 aliphatic heterocycles. The monoisotopic (exact) mass is 454 g/mol. The van der Waals surface area contributed by atoms with E-state index in [2.05, 4.69) is 10.6 Å². The molecule has 0 atom stereocenters. The van der Waals surface area contributed by atoms with Gasteiger partial charge in [-0.3, -0.25) is 10.1 Å². The molecule has 11 heteroatoms. The Hall–Kier alpha value is -3.60. The zero-order valence-electron chi connectivity index (χ0n) is 16.0. The van der Waals surface area contributed by atoms with Crippen molar-refractivity contribution in [1.82, 2.24) is 10.6 Å². The lowest BCUT2D eigenvalue weighted by Crippen LogP contribution is -2.38. The summed E-state index contributed by atoms with van der Waals surface area (Å²) in [6.07, 6.45) is -5.08. The molecule has 1 heterocycles. The van der Waals surface area contributed by atoms with Gasteiger partial charge in [0.05, 0.1) is 12.0 Å². The van der Waals surface area contributed by atoms with E-state index in [0.29, 0.717) is 11.4 Å². The van der Waals surface area contributed by atoms with Gasteiger partial charge < -0.3 is 15.2 Å². The first kappa shape index (κ1) is 23.7. The number of methoxy groups -OCH3 is 1. The molecular formula is C20H17F3N2O5S. The van der Waals surface area contributed by atoms with Crippen molar-refractivity contribution in [3.63, 3.8) is 0 Å². The largest absolute Gasteiger partial charge is 0.497 e. The number of ether oxygens (including phenoxy) is 1. The second-order valence-corrected chi connectivity index (χ2v) is 7.02. The number of hydrogen-bond donors (Lipinski definition) is 3. The molecule has 0 aliphatic carbocycles. The molecule has 0 aliphatic rings. The van der Waals surface area contributed by atoms with E-state index >= 15 is 0 Å². The van der Waals surface area contributed by atoms with Crippen LogP contribution in [-0.4, -0.2) is 36.3 Å². The molecule has 0 radical (unpaired) electrons. The van der Waals surface area contributed by atoms with Crippen molar-refractivity contribution in [3.05, 3.63) is 65.0 Å². The van der Waals surface area contributed by atoms with Gasteiger partial charge >= 0.3 is 18.2 Å². The summed E-state index contributed by atoms with van der Waals surface area (Å²) >= 11 is 1.36. The average Bonchev–Trinajstić information content (AvgIpc) is 3.17. The number of halogens is 3. The molecule has 3 aromatic rings. The number of carboxylic acids is 1. The highest BCUT2D eigenvalue weighted by molar-refractivity contribution is 7.20. The third-order valence-corrected chi connectivity index (χ3v) is 4.85. The molecule has 31 heavy (non-hydrogen) atoms. The lowest BCUT2D eigenvalue weighted by atomic mass is 10.2. The maximum atomic E-state index is 12.1. The van der Waals surface area contributed by atoms with Gasteiger partial charge in [0, 0.05) is 11.2 Å². The van der Waals surface area contributed by atoms with E-state index in [9.17, 15) is 22.8 Å². The van der Waals surface area contributed by atoms with Crippen LogP contribution in [0.15, 0.2) is 54.6 Å². The van der Waals surface area contributed by atoms with E-state index in [0.717, 1.165) is 21.4 Å². The number of fused-ring (bicyclic) bond motifs is 1. The van der Waals surface area contributed by atoms with E-state index in [4.69, 9.17) is 14.6 Å². The van der Waals surface area contributed by atoms with Crippen LogP contribution in [-0.2, 0) is 11.3 Å². The molecule has 7 nitrogen and oxygen atoms in total. The zero-order chi connectivity index (χ0) is 23.0. The first-order valence-electron chi connectivity index (χ1n) is 8.61. The van der Waals surface area contributed by atoms with Gasteiger partial charge in [0.15, 0.2) is 0 Å². The van der Waals surface area contributed by atoms with Gasteiger partial charge in [-0.15, -0.1) is 11.3 Å². The third kappa shape index (κ3) is 7.30. The van der Waals surface area contributed by atoms with E-state index in [1.807, 2.05) is 48.5 Å². The fourth-order valence-corrected chi connectivity index (χ4v) is 3.19. The summed E-state index contributed by atoms with van der Waals surface area (Å²) in [5, 5.41) is 13.1. The van der Waals surface area contributed by atoms with E-state index in [1.165, 1.54) is 11.3 Å².